The number of phenols is 1. The highest BCUT2D eigenvalue weighted by Crippen LogP contribution is 2.53. The van der Waals surface area contributed by atoms with Gasteiger partial charge in [-0.05, 0) is 33.3 Å². The molecule has 0 unspecified atom stereocenters. The zero-order chi connectivity index (χ0) is 40.5. The Labute approximate surface area is 314 Å². The quantitative estimate of drug-likeness (QED) is 0.143. The fourth-order valence-electron chi connectivity index (χ4n) is 7.22. The number of anilines is 1. The predicted octanol–water partition coefficient (Wildman–Crippen LogP) is 3.99. The largest absolute Gasteiger partial charge is 0.505 e. The van der Waals surface area contributed by atoms with Crippen LogP contribution in [0.5, 0.6) is 11.5 Å². The van der Waals surface area contributed by atoms with Crippen LogP contribution in [0.4, 0.5) is 5.69 Å². The van der Waals surface area contributed by atoms with Crippen LogP contribution in [0, 0.1) is 36.5 Å². The zero-order valence-electron chi connectivity index (χ0n) is 32.2. The molecular weight excluding hydrogens is 702 g/mol. The number of carbonyl (C=O) groups excluding carboxylic acids is 4. The number of aromatic hydroxyl groups is 1. The lowest BCUT2D eigenvalue weighted by Crippen LogP contribution is -2.50. The van der Waals surface area contributed by atoms with E-state index >= 15 is 0 Å². The Bertz CT molecular complexity index is 1870. The molecule has 0 radical (unpaired) electrons. The molecule has 54 heavy (non-hydrogen) atoms. The van der Waals surface area contributed by atoms with Crippen LogP contribution >= 0.6 is 0 Å². The molecule has 0 saturated carbocycles. The Morgan fingerprint density at radius 2 is 1.41 bits per heavy atom. The van der Waals surface area contributed by atoms with E-state index in [4.69, 9.17) is 18.9 Å². The Morgan fingerprint density at radius 3 is 1.98 bits per heavy atom. The van der Waals surface area contributed by atoms with Crippen LogP contribution in [0.1, 0.15) is 76.9 Å². The summed E-state index contributed by atoms with van der Waals surface area (Å²) >= 11 is 0. The molecular formula is C40H51NO13. The molecule has 1 amide bonds. The number of phenolic OH excluding ortho intramolecular Hbond substituents is 1. The van der Waals surface area contributed by atoms with Gasteiger partial charge in [0.2, 0.25) is 6.79 Å². The van der Waals surface area contributed by atoms with E-state index < -0.39 is 83.4 Å². The Kier molecular flexibility index (Phi) is 13.0. The minimum Gasteiger partial charge on any atom is -0.505 e. The summed E-state index contributed by atoms with van der Waals surface area (Å²) in [5.74, 6) is -8.30. The second-order valence-electron chi connectivity index (χ2n) is 14.4. The SMILES string of the molecule is COC(=O)[C@H]1[C@H](O)[C@H](C)[C@@H](O)[C@@H](C)/C=C(\C)C2=C3C(=C(C)C(=O)c4c(O)c(c(C)c(OC(C)=O)c43)NC(=O)/C(C)=C/C=C\[C@@H](C)[C@H](O)[C@@H](C)[C@@H]1O)OCO2. The molecule has 3 heterocycles. The third kappa shape index (κ3) is 7.88. The van der Waals surface area contributed by atoms with E-state index in [0.717, 1.165) is 14.0 Å². The first-order valence-electron chi connectivity index (χ1n) is 17.8. The van der Waals surface area contributed by atoms with Gasteiger partial charge in [-0.2, -0.15) is 0 Å². The number of aliphatic hydroxyl groups is 4. The Hall–Kier alpha value is -4.76. The molecule has 5 rings (SSSR count). The molecule has 14 nitrogen and oxygen atoms in total. The number of hydrogen-bond acceptors (Lipinski definition) is 13. The van der Waals surface area contributed by atoms with Gasteiger partial charge in [-0.25, -0.2) is 0 Å². The summed E-state index contributed by atoms with van der Waals surface area (Å²) in [4.78, 5) is 53.0. The lowest BCUT2D eigenvalue weighted by atomic mass is 9.76. The fraction of sp³-hybridized carbons (Fsp3) is 0.500. The van der Waals surface area contributed by atoms with Crippen molar-refractivity contribution in [2.24, 2.45) is 29.6 Å². The molecule has 6 N–H and O–H groups in total. The first-order valence-corrected chi connectivity index (χ1v) is 17.8. The summed E-state index contributed by atoms with van der Waals surface area (Å²) in [6, 6.07) is 0. The molecule has 0 aromatic heterocycles. The van der Waals surface area contributed by atoms with Crippen molar-refractivity contribution in [2.75, 3.05) is 19.2 Å². The summed E-state index contributed by atoms with van der Waals surface area (Å²) in [6.07, 6.45) is 0.456. The van der Waals surface area contributed by atoms with Crippen molar-refractivity contribution in [3.8, 4) is 11.5 Å². The number of esters is 2. The summed E-state index contributed by atoms with van der Waals surface area (Å²) in [7, 11) is 1.11. The van der Waals surface area contributed by atoms with Gasteiger partial charge in [0, 0.05) is 52.9 Å². The topological polar surface area (TPSA) is 218 Å². The summed E-state index contributed by atoms with van der Waals surface area (Å²) in [6.45, 7) is 13.4. The number of ketones is 1. The van der Waals surface area contributed by atoms with E-state index in [9.17, 15) is 44.7 Å². The number of nitrogens with one attached hydrogen (secondary N) is 1. The average Bonchev–Trinajstić information content (AvgIpc) is 3.13. The van der Waals surface area contributed by atoms with Crippen LogP contribution in [0.3, 0.4) is 0 Å². The van der Waals surface area contributed by atoms with E-state index in [1.807, 2.05) is 0 Å². The molecule has 0 fully saturated rings. The highest BCUT2D eigenvalue weighted by Gasteiger charge is 2.45. The van der Waals surface area contributed by atoms with Crippen molar-refractivity contribution < 1.29 is 63.7 Å². The number of methoxy groups -OCH3 is 1. The molecule has 4 bridgehead atoms. The van der Waals surface area contributed by atoms with Crippen LogP contribution in [0.25, 0.3) is 5.57 Å². The number of aliphatic hydroxyl groups excluding tert-OH is 4. The van der Waals surface area contributed by atoms with Gasteiger partial charge in [0.1, 0.15) is 23.2 Å². The minimum absolute atomic E-state index is 0.00611. The van der Waals surface area contributed by atoms with Crippen LogP contribution in [0.15, 0.2) is 52.5 Å². The van der Waals surface area contributed by atoms with Crippen LogP contribution in [-0.4, -0.2) is 87.5 Å². The average molecular weight is 754 g/mol. The number of Topliss-reactive ketones (excluding diaryl/α,β-unsaturated/α-hetero) is 1. The number of ether oxygens (including phenoxy) is 4. The number of hydrogen-bond donors (Lipinski definition) is 6. The van der Waals surface area contributed by atoms with E-state index in [0.29, 0.717) is 5.57 Å². The number of carbonyl (C=O) groups is 4. The van der Waals surface area contributed by atoms with Gasteiger partial charge < -0.3 is 49.8 Å². The molecule has 0 spiro atoms. The normalized spacial score (nSPS) is 32.3. The third-order valence-electron chi connectivity index (χ3n) is 10.6. The molecule has 0 saturated heterocycles. The second kappa shape index (κ2) is 16.7. The van der Waals surface area contributed by atoms with Crippen molar-refractivity contribution in [1.82, 2.24) is 0 Å². The second-order valence-corrected chi connectivity index (χ2v) is 14.4. The van der Waals surface area contributed by atoms with E-state index in [1.54, 1.807) is 32.9 Å². The summed E-state index contributed by atoms with van der Waals surface area (Å²) < 4.78 is 22.5. The maximum atomic E-state index is 14.0. The monoisotopic (exact) mass is 753 g/mol. The molecule has 1 aromatic carbocycles. The maximum absolute atomic E-state index is 14.0. The number of allylic oxidation sites excluding steroid dienone is 5. The minimum atomic E-state index is -1.62. The number of rotatable bonds is 2. The maximum Gasteiger partial charge on any atom is 0.313 e. The van der Waals surface area contributed by atoms with Crippen molar-refractivity contribution >= 4 is 34.9 Å². The standard InChI is InChI=1S/C40H51NO13/c1-16-12-11-13-17(2)39(49)41-29-20(5)38(54-24(9)42)25-26(35(29)48)34(47)23(8)37-27(25)36(52-15-53-37)19(4)14-18(3)31(44)22(7)33(46)28(40(50)51-10)32(45)21(6)30(16)43/h11-14,16,18,21-22,28,30-33,43-46,48H,15H2,1-10H3,(H,41,49)/b12-11-,17-13+,19-14+/t16-,18+,21-,22-,28-,30+,31+,32+,33-/m1/s1. The van der Waals surface area contributed by atoms with Crippen molar-refractivity contribution in [2.45, 2.75) is 86.7 Å². The van der Waals surface area contributed by atoms with Crippen molar-refractivity contribution in [1.29, 1.82) is 0 Å². The Morgan fingerprint density at radius 1 is 0.833 bits per heavy atom. The lowest BCUT2D eigenvalue weighted by molar-refractivity contribution is -0.164. The summed E-state index contributed by atoms with van der Waals surface area (Å²) in [5, 5.41) is 60.0. The highest BCUT2D eigenvalue weighted by atomic mass is 16.7. The fourth-order valence-corrected chi connectivity index (χ4v) is 7.22. The van der Waals surface area contributed by atoms with E-state index in [2.05, 4.69) is 5.32 Å². The van der Waals surface area contributed by atoms with Gasteiger partial charge in [-0.3, -0.25) is 19.2 Å². The van der Waals surface area contributed by atoms with E-state index in [-0.39, 0.29) is 63.2 Å². The molecule has 3 aliphatic heterocycles. The smallest absolute Gasteiger partial charge is 0.313 e. The van der Waals surface area contributed by atoms with Gasteiger partial charge in [0.25, 0.3) is 5.91 Å². The van der Waals surface area contributed by atoms with Gasteiger partial charge in [0.15, 0.2) is 11.5 Å². The van der Waals surface area contributed by atoms with Crippen LogP contribution < -0.4 is 10.1 Å². The van der Waals surface area contributed by atoms with Gasteiger partial charge >= 0.3 is 11.9 Å². The summed E-state index contributed by atoms with van der Waals surface area (Å²) in [5.41, 5.74) is 0.550. The van der Waals surface area contributed by atoms with Crippen molar-refractivity contribution in [3.63, 3.8) is 0 Å². The lowest BCUT2D eigenvalue weighted by Gasteiger charge is -2.37. The zero-order valence-corrected chi connectivity index (χ0v) is 32.2. The van der Waals surface area contributed by atoms with Crippen molar-refractivity contribution in [3.05, 3.63) is 69.2 Å². The number of benzene rings is 1. The number of fused-ring (bicyclic) bond motifs is 14. The predicted molar refractivity (Wildman–Crippen MR) is 197 cm³/mol. The Balaban J connectivity index is 2.03. The molecule has 1 aromatic rings. The molecule has 1 aliphatic carbocycles. The molecule has 4 aliphatic rings. The van der Waals surface area contributed by atoms with E-state index in [1.165, 1.54) is 46.8 Å². The molecule has 9 atom stereocenters. The van der Waals surface area contributed by atoms with Crippen LogP contribution in [0.2, 0.25) is 0 Å². The molecule has 294 valence electrons. The first kappa shape index (κ1) is 42.0. The first-order chi connectivity index (χ1) is 25.3. The molecule has 14 heteroatoms. The van der Waals surface area contributed by atoms with Gasteiger partial charge in [-0.1, -0.05) is 52.0 Å². The third-order valence-corrected chi connectivity index (χ3v) is 10.6. The van der Waals surface area contributed by atoms with Gasteiger partial charge in [0.05, 0.1) is 48.3 Å². The van der Waals surface area contributed by atoms with Crippen LogP contribution in [-0.2, 0) is 28.6 Å². The number of amides is 1. The van der Waals surface area contributed by atoms with Gasteiger partial charge in [-0.15, -0.1) is 0 Å². The highest BCUT2D eigenvalue weighted by molar-refractivity contribution is 6.21.